The molecule has 2 heterocycles. The zero-order chi connectivity index (χ0) is 11.5. The van der Waals surface area contributed by atoms with E-state index in [1.165, 1.54) is 12.7 Å². The summed E-state index contributed by atoms with van der Waals surface area (Å²) in [6, 6.07) is 0.279. The topological polar surface area (TPSA) is 49.0 Å². The third kappa shape index (κ3) is 2.25. The number of alkyl halides is 1. The van der Waals surface area contributed by atoms with Gasteiger partial charge in [-0.3, -0.25) is 4.79 Å². The molecule has 4 nitrogen and oxygen atoms in total. The smallest absolute Gasteiger partial charge is 0.267 e. The largest absolute Gasteiger partial charge is 0.351 e. The molecule has 1 aromatic heterocycles. The van der Waals surface area contributed by atoms with Gasteiger partial charge >= 0.3 is 0 Å². The first-order valence-electron chi connectivity index (χ1n) is 5.30. The highest BCUT2D eigenvalue weighted by Crippen LogP contribution is 2.27. The summed E-state index contributed by atoms with van der Waals surface area (Å²) in [5.74, 6) is 1.27. The number of nitrogens with zero attached hydrogens (tertiary/aromatic N) is 2. The molecular formula is C10H13BrClN3O. The molecule has 0 spiro atoms. The number of H-pyrrole nitrogens is 1. The van der Waals surface area contributed by atoms with Crippen LogP contribution in [0.1, 0.15) is 19.3 Å². The van der Waals surface area contributed by atoms with Crippen LogP contribution in [0.15, 0.2) is 15.6 Å². The minimum Gasteiger partial charge on any atom is -0.351 e. The molecule has 16 heavy (non-hydrogen) atoms. The summed E-state index contributed by atoms with van der Waals surface area (Å²) in [4.78, 5) is 20.4. The van der Waals surface area contributed by atoms with Crippen LogP contribution in [0.5, 0.6) is 0 Å². The van der Waals surface area contributed by atoms with Gasteiger partial charge in [0, 0.05) is 18.5 Å². The third-order valence-electron chi connectivity index (χ3n) is 2.86. The van der Waals surface area contributed by atoms with Crippen LogP contribution in [-0.4, -0.2) is 28.4 Å². The first-order valence-corrected chi connectivity index (χ1v) is 6.62. The van der Waals surface area contributed by atoms with Gasteiger partial charge in [-0.1, -0.05) is 0 Å². The highest BCUT2D eigenvalue weighted by Gasteiger charge is 2.25. The Morgan fingerprint density at radius 1 is 1.62 bits per heavy atom. The van der Waals surface area contributed by atoms with Gasteiger partial charge in [-0.2, -0.15) is 0 Å². The Morgan fingerprint density at radius 3 is 3.19 bits per heavy atom. The van der Waals surface area contributed by atoms with Crippen molar-refractivity contribution in [1.29, 1.82) is 0 Å². The number of aromatic amines is 1. The molecular weight excluding hydrogens is 293 g/mol. The highest BCUT2D eigenvalue weighted by molar-refractivity contribution is 9.10. The van der Waals surface area contributed by atoms with Gasteiger partial charge in [0.1, 0.15) is 4.47 Å². The van der Waals surface area contributed by atoms with E-state index in [2.05, 4.69) is 30.8 Å². The van der Waals surface area contributed by atoms with Gasteiger partial charge in [-0.05, 0) is 35.2 Å². The molecule has 0 aliphatic carbocycles. The molecule has 1 N–H and O–H groups in total. The van der Waals surface area contributed by atoms with E-state index >= 15 is 0 Å². The molecule has 1 saturated heterocycles. The van der Waals surface area contributed by atoms with Crippen LogP contribution in [0.25, 0.3) is 0 Å². The first kappa shape index (κ1) is 11.9. The summed E-state index contributed by atoms with van der Waals surface area (Å²) in [6.45, 7) is 0.909. The number of rotatable bonds is 2. The fourth-order valence-electron chi connectivity index (χ4n) is 2.01. The lowest BCUT2D eigenvalue weighted by Crippen LogP contribution is -2.42. The minimum absolute atomic E-state index is 0.149. The van der Waals surface area contributed by atoms with Crippen LogP contribution < -0.4 is 10.5 Å². The van der Waals surface area contributed by atoms with Crippen molar-refractivity contribution in [3.8, 4) is 0 Å². The Hall–Kier alpha value is -0.550. The molecule has 1 unspecified atom stereocenters. The lowest BCUT2D eigenvalue weighted by Gasteiger charge is -2.35. The van der Waals surface area contributed by atoms with Crippen molar-refractivity contribution in [2.75, 3.05) is 17.3 Å². The van der Waals surface area contributed by atoms with Crippen LogP contribution in [0, 0.1) is 0 Å². The first-order chi connectivity index (χ1) is 7.74. The summed E-state index contributed by atoms with van der Waals surface area (Å²) in [5.41, 5.74) is -0.149. The SMILES string of the molecule is O=c1[nH]cnc(N2CCCCC2CCl)c1Br. The molecule has 6 heteroatoms. The van der Waals surface area contributed by atoms with E-state index in [1.54, 1.807) is 0 Å². The predicted octanol–water partition coefficient (Wildman–Crippen LogP) is 2.13. The van der Waals surface area contributed by atoms with Gasteiger partial charge in [0.05, 0.1) is 6.33 Å². The number of anilines is 1. The van der Waals surface area contributed by atoms with Gasteiger partial charge in [0.25, 0.3) is 5.56 Å². The maximum absolute atomic E-state index is 11.5. The number of aromatic nitrogens is 2. The Labute approximate surface area is 107 Å². The van der Waals surface area contributed by atoms with E-state index in [9.17, 15) is 4.79 Å². The Balaban J connectivity index is 2.34. The van der Waals surface area contributed by atoms with Crippen molar-refractivity contribution < 1.29 is 0 Å². The summed E-state index contributed by atoms with van der Waals surface area (Å²) in [7, 11) is 0. The summed E-state index contributed by atoms with van der Waals surface area (Å²) >= 11 is 9.23. The van der Waals surface area contributed by atoms with E-state index in [-0.39, 0.29) is 11.6 Å². The van der Waals surface area contributed by atoms with Gasteiger partial charge < -0.3 is 9.88 Å². The van der Waals surface area contributed by atoms with Crippen LogP contribution in [0.4, 0.5) is 5.82 Å². The minimum atomic E-state index is -0.149. The average molecular weight is 307 g/mol. The number of hydrogen-bond acceptors (Lipinski definition) is 3. The van der Waals surface area contributed by atoms with E-state index < -0.39 is 0 Å². The molecule has 1 fully saturated rings. The van der Waals surface area contributed by atoms with E-state index in [4.69, 9.17) is 11.6 Å². The second-order valence-corrected chi connectivity index (χ2v) is 4.97. The van der Waals surface area contributed by atoms with Gasteiger partial charge in [-0.15, -0.1) is 11.6 Å². The lowest BCUT2D eigenvalue weighted by molar-refractivity contribution is 0.483. The molecule has 88 valence electrons. The Kier molecular flexibility index (Phi) is 3.86. The standard InChI is InChI=1S/C10H13BrClN3O/c11-8-9(13-6-14-10(8)16)15-4-2-1-3-7(15)5-12/h6-7H,1-5H2,(H,13,14,16). The number of hydrogen-bond donors (Lipinski definition) is 1. The maximum atomic E-state index is 11.5. The van der Waals surface area contributed by atoms with Crippen molar-refractivity contribution in [2.24, 2.45) is 0 Å². The maximum Gasteiger partial charge on any atom is 0.267 e. The quantitative estimate of drug-likeness (QED) is 0.852. The van der Waals surface area contributed by atoms with Gasteiger partial charge in [0.15, 0.2) is 5.82 Å². The normalized spacial score (nSPS) is 21.1. The second kappa shape index (κ2) is 5.19. The predicted molar refractivity (Wildman–Crippen MR) is 68.3 cm³/mol. The lowest BCUT2D eigenvalue weighted by atomic mass is 10.0. The van der Waals surface area contributed by atoms with E-state index in [0.29, 0.717) is 16.2 Å². The monoisotopic (exact) mass is 305 g/mol. The fraction of sp³-hybridized carbons (Fsp3) is 0.600. The Morgan fingerprint density at radius 2 is 2.44 bits per heavy atom. The number of halogens is 2. The molecule has 2 rings (SSSR count). The summed E-state index contributed by atoms with van der Waals surface area (Å²) < 4.78 is 0.493. The zero-order valence-corrected chi connectivity index (χ0v) is 11.1. The zero-order valence-electron chi connectivity index (χ0n) is 8.75. The van der Waals surface area contributed by atoms with Crippen molar-refractivity contribution in [2.45, 2.75) is 25.3 Å². The summed E-state index contributed by atoms with van der Waals surface area (Å²) in [6.07, 6.45) is 4.80. The molecule has 0 amide bonds. The third-order valence-corrected chi connectivity index (χ3v) is 3.93. The van der Waals surface area contributed by atoms with Crippen LogP contribution in [0.3, 0.4) is 0 Å². The molecule has 0 radical (unpaired) electrons. The average Bonchev–Trinajstić information content (AvgIpc) is 2.33. The number of piperidine rings is 1. The van der Waals surface area contributed by atoms with Gasteiger partial charge in [0.2, 0.25) is 0 Å². The van der Waals surface area contributed by atoms with Crippen LogP contribution in [-0.2, 0) is 0 Å². The van der Waals surface area contributed by atoms with E-state index in [0.717, 1.165) is 19.4 Å². The molecule has 1 atom stereocenters. The molecule has 1 aliphatic heterocycles. The highest BCUT2D eigenvalue weighted by atomic mass is 79.9. The van der Waals surface area contributed by atoms with Crippen molar-refractivity contribution in [1.82, 2.24) is 9.97 Å². The summed E-state index contributed by atoms with van der Waals surface area (Å²) in [5, 5.41) is 0. The van der Waals surface area contributed by atoms with Gasteiger partial charge in [-0.25, -0.2) is 4.98 Å². The Bertz CT molecular complexity index is 423. The van der Waals surface area contributed by atoms with Crippen LogP contribution in [0.2, 0.25) is 0 Å². The van der Waals surface area contributed by atoms with Crippen molar-refractivity contribution in [3.63, 3.8) is 0 Å². The molecule has 1 aliphatic rings. The number of nitrogens with one attached hydrogen (secondary N) is 1. The fourth-order valence-corrected chi connectivity index (χ4v) is 2.78. The van der Waals surface area contributed by atoms with Crippen molar-refractivity contribution in [3.05, 3.63) is 21.2 Å². The molecule has 0 saturated carbocycles. The molecule has 0 aromatic carbocycles. The molecule has 1 aromatic rings. The second-order valence-electron chi connectivity index (χ2n) is 3.87. The molecule has 0 bridgehead atoms. The van der Waals surface area contributed by atoms with Crippen LogP contribution >= 0.6 is 27.5 Å². The van der Waals surface area contributed by atoms with Crippen molar-refractivity contribution >= 4 is 33.3 Å². The van der Waals surface area contributed by atoms with E-state index in [1.807, 2.05) is 0 Å².